The Morgan fingerprint density at radius 3 is 2.54 bits per heavy atom. The van der Waals surface area contributed by atoms with Gasteiger partial charge >= 0.3 is 0 Å². The molecular weight excluding hydrogens is 234 g/mol. The Morgan fingerprint density at radius 2 is 2.15 bits per heavy atom. The topological polar surface area (TPSA) is 40.5 Å². The molecule has 0 aromatic heterocycles. The van der Waals surface area contributed by atoms with E-state index in [0.717, 1.165) is 0 Å². The monoisotopic (exact) mass is 249 g/mol. The van der Waals surface area contributed by atoms with Crippen molar-refractivity contribution in [1.29, 1.82) is 0 Å². The highest BCUT2D eigenvalue weighted by Gasteiger charge is 2.45. The summed E-state index contributed by atoms with van der Waals surface area (Å²) in [5.41, 5.74) is -0.637. The smallest absolute Gasteiger partial charge is 0.223 e. The zero-order chi connectivity index (χ0) is 10.1. The van der Waals surface area contributed by atoms with Crippen LogP contribution >= 0.6 is 15.9 Å². The quantitative estimate of drug-likeness (QED) is 0.759. The highest BCUT2D eigenvalue weighted by atomic mass is 79.9. The summed E-state index contributed by atoms with van der Waals surface area (Å²) in [6.07, 6.45) is 0.522. The second kappa shape index (κ2) is 3.96. The number of amides is 1. The number of β-amino-alcohol motifs (C(OH)–C–C–N with tert-alkyl or cyclic N) is 1. The molecule has 0 unspecified atom stereocenters. The van der Waals surface area contributed by atoms with Crippen molar-refractivity contribution in [1.82, 2.24) is 4.90 Å². The third kappa shape index (κ3) is 2.23. The van der Waals surface area contributed by atoms with Crippen molar-refractivity contribution in [2.75, 3.05) is 18.4 Å². The van der Waals surface area contributed by atoms with E-state index in [4.69, 9.17) is 0 Å². The summed E-state index contributed by atoms with van der Waals surface area (Å²) in [5.74, 6) is 0.350. The second-order valence-corrected chi connectivity index (χ2v) is 4.74. The van der Waals surface area contributed by atoms with Gasteiger partial charge in [-0.1, -0.05) is 29.8 Å². The number of carbonyl (C=O) groups excluding carboxylic acids is 1. The summed E-state index contributed by atoms with van der Waals surface area (Å²) in [7, 11) is 0. The van der Waals surface area contributed by atoms with Gasteiger partial charge in [-0.25, -0.2) is 0 Å². The number of carbonyl (C=O) groups is 1. The van der Waals surface area contributed by atoms with Crippen LogP contribution in [0.1, 0.15) is 20.3 Å². The molecule has 1 aliphatic rings. The first-order valence-corrected chi connectivity index (χ1v) is 5.68. The lowest BCUT2D eigenvalue weighted by molar-refractivity contribution is -0.163. The van der Waals surface area contributed by atoms with Gasteiger partial charge in [-0.2, -0.15) is 0 Å². The van der Waals surface area contributed by atoms with Crippen molar-refractivity contribution in [3.05, 3.63) is 0 Å². The van der Waals surface area contributed by atoms with Crippen molar-refractivity contribution in [2.24, 2.45) is 5.92 Å². The fourth-order valence-corrected chi connectivity index (χ4v) is 1.73. The van der Waals surface area contributed by atoms with E-state index in [0.29, 0.717) is 24.8 Å². The highest BCUT2D eigenvalue weighted by molar-refractivity contribution is 9.09. The van der Waals surface area contributed by atoms with E-state index in [1.165, 1.54) is 0 Å². The van der Waals surface area contributed by atoms with E-state index in [9.17, 15) is 9.90 Å². The third-order valence-corrected chi connectivity index (χ3v) is 3.06. The maximum absolute atomic E-state index is 11.3. The van der Waals surface area contributed by atoms with Gasteiger partial charge in [-0.05, 0) is 5.92 Å². The summed E-state index contributed by atoms with van der Waals surface area (Å²) >= 11 is 3.22. The largest absolute Gasteiger partial charge is 0.386 e. The molecule has 3 nitrogen and oxygen atoms in total. The van der Waals surface area contributed by atoms with Gasteiger partial charge in [0, 0.05) is 11.8 Å². The standard InChI is InChI=1S/C9H16BrNO2/c1-7(2)9(13)5-11(6-9)8(12)3-4-10/h7,13H,3-6H2,1-2H3. The van der Waals surface area contributed by atoms with Gasteiger partial charge in [0.05, 0.1) is 13.1 Å². The maximum atomic E-state index is 11.3. The lowest BCUT2D eigenvalue weighted by Gasteiger charge is -2.49. The van der Waals surface area contributed by atoms with Gasteiger partial charge in [-0.3, -0.25) is 4.79 Å². The molecule has 0 aromatic carbocycles. The Hall–Kier alpha value is -0.0900. The van der Waals surface area contributed by atoms with Crippen LogP contribution in [-0.4, -0.2) is 39.9 Å². The Bertz CT molecular complexity index is 200. The van der Waals surface area contributed by atoms with Gasteiger partial charge in [0.1, 0.15) is 5.60 Å². The Kier molecular flexibility index (Phi) is 3.35. The molecule has 0 bridgehead atoms. The minimum Gasteiger partial charge on any atom is -0.386 e. The minimum atomic E-state index is -0.637. The molecule has 0 saturated carbocycles. The molecular formula is C9H16BrNO2. The summed E-state index contributed by atoms with van der Waals surface area (Å²) in [6.45, 7) is 4.95. The van der Waals surface area contributed by atoms with Gasteiger partial charge in [-0.15, -0.1) is 0 Å². The van der Waals surface area contributed by atoms with E-state index in [2.05, 4.69) is 15.9 Å². The van der Waals surface area contributed by atoms with Gasteiger partial charge in [0.15, 0.2) is 0 Å². The van der Waals surface area contributed by atoms with Crippen LogP contribution < -0.4 is 0 Å². The van der Waals surface area contributed by atoms with Crippen molar-refractivity contribution in [3.8, 4) is 0 Å². The van der Waals surface area contributed by atoms with Crippen molar-refractivity contribution in [3.63, 3.8) is 0 Å². The minimum absolute atomic E-state index is 0.127. The molecule has 1 fully saturated rings. The van der Waals surface area contributed by atoms with Crippen molar-refractivity contribution >= 4 is 21.8 Å². The first-order chi connectivity index (χ1) is 5.99. The van der Waals surface area contributed by atoms with Crippen LogP contribution in [0.15, 0.2) is 0 Å². The average molecular weight is 250 g/mol. The number of alkyl halides is 1. The Balaban J connectivity index is 2.36. The van der Waals surface area contributed by atoms with E-state index in [1.807, 2.05) is 13.8 Å². The van der Waals surface area contributed by atoms with Crippen LogP contribution in [-0.2, 0) is 4.79 Å². The molecule has 0 radical (unpaired) electrons. The molecule has 1 N–H and O–H groups in total. The first-order valence-electron chi connectivity index (χ1n) is 4.56. The fraction of sp³-hybridized carbons (Fsp3) is 0.889. The average Bonchev–Trinajstić information content (AvgIpc) is 1.98. The highest BCUT2D eigenvalue weighted by Crippen LogP contribution is 2.28. The number of halogens is 1. The van der Waals surface area contributed by atoms with Crippen LogP contribution in [0.2, 0.25) is 0 Å². The first kappa shape index (κ1) is 11.0. The molecule has 0 spiro atoms. The molecule has 1 aliphatic heterocycles. The van der Waals surface area contributed by atoms with Crippen LogP contribution in [0.4, 0.5) is 0 Å². The fourth-order valence-electron chi connectivity index (χ4n) is 1.40. The number of hydrogen-bond donors (Lipinski definition) is 1. The Labute approximate surface area is 87.2 Å². The number of likely N-dealkylation sites (tertiary alicyclic amines) is 1. The molecule has 0 aromatic rings. The van der Waals surface area contributed by atoms with Crippen molar-refractivity contribution < 1.29 is 9.90 Å². The normalized spacial score (nSPS) is 20.2. The number of rotatable bonds is 3. The molecule has 0 aliphatic carbocycles. The number of aliphatic hydroxyl groups is 1. The number of hydrogen-bond acceptors (Lipinski definition) is 2. The van der Waals surface area contributed by atoms with E-state index in [-0.39, 0.29) is 11.8 Å². The molecule has 0 atom stereocenters. The molecule has 13 heavy (non-hydrogen) atoms. The lowest BCUT2D eigenvalue weighted by Crippen LogP contribution is -2.65. The van der Waals surface area contributed by atoms with Crippen molar-refractivity contribution in [2.45, 2.75) is 25.9 Å². The van der Waals surface area contributed by atoms with Crippen LogP contribution in [0.3, 0.4) is 0 Å². The molecule has 1 rings (SSSR count). The molecule has 4 heteroatoms. The van der Waals surface area contributed by atoms with E-state index in [1.54, 1.807) is 4.90 Å². The summed E-state index contributed by atoms with van der Waals surface area (Å²) in [5, 5.41) is 10.6. The predicted molar refractivity (Wildman–Crippen MR) is 54.8 cm³/mol. The van der Waals surface area contributed by atoms with E-state index < -0.39 is 5.60 Å². The molecule has 1 heterocycles. The zero-order valence-corrected chi connectivity index (χ0v) is 9.67. The maximum Gasteiger partial charge on any atom is 0.223 e. The van der Waals surface area contributed by atoms with E-state index >= 15 is 0 Å². The van der Waals surface area contributed by atoms with Gasteiger partial charge < -0.3 is 10.0 Å². The Morgan fingerprint density at radius 1 is 1.62 bits per heavy atom. The van der Waals surface area contributed by atoms with Gasteiger partial charge in [0.25, 0.3) is 0 Å². The third-order valence-electron chi connectivity index (χ3n) is 2.67. The summed E-state index contributed by atoms with van der Waals surface area (Å²) < 4.78 is 0. The van der Waals surface area contributed by atoms with Crippen LogP contribution in [0.25, 0.3) is 0 Å². The molecule has 1 saturated heterocycles. The second-order valence-electron chi connectivity index (χ2n) is 3.95. The molecule has 76 valence electrons. The molecule has 1 amide bonds. The number of nitrogens with zero attached hydrogens (tertiary/aromatic N) is 1. The lowest BCUT2D eigenvalue weighted by atomic mass is 9.83. The van der Waals surface area contributed by atoms with Crippen LogP contribution in [0.5, 0.6) is 0 Å². The SMILES string of the molecule is CC(C)C1(O)CN(C(=O)CCBr)C1. The zero-order valence-electron chi connectivity index (χ0n) is 8.09. The van der Waals surface area contributed by atoms with Gasteiger partial charge in [0.2, 0.25) is 5.91 Å². The summed E-state index contributed by atoms with van der Waals surface area (Å²) in [4.78, 5) is 13.0. The predicted octanol–water partition coefficient (Wildman–Crippen LogP) is 1.00. The van der Waals surface area contributed by atoms with Crippen LogP contribution in [0, 0.1) is 5.92 Å². The summed E-state index contributed by atoms with van der Waals surface area (Å²) in [6, 6.07) is 0.